The zero-order valence-corrected chi connectivity index (χ0v) is 11.5. The average molecular weight is 256 g/mol. The van der Waals surface area contributed by atoms with E-state index >= 15 is 0 Å². The Morgan fingerprint density at radius 2 is 2.00 bits per heavy atom. The van der Waals surface area contributed by atoms with Crippen LogP contribution in [0, 0.1) is 11.3 Å². The minimum absolute atomic E-state index is 0.154. The number of nitrogens with one attached hydrogen (secondary N) is 1. The molecular weight excluding hydrogens is 232 g/mol. The fraction of sp³-hybridized carbons (Fsp3) is 0.846. The fourth-order valence-electron chi connectivity index (χ4n) is 1.83. The molecule has 5 nitrogen and oxygen atoms in total. The van der Waals surface area contributed by atoms with Gasteiger partial charge in [0.15, 0.2) is 0 Å². The van der Waals surface area contributed by atoms with Crippen LogP contribution in [-0.4, -0.2) is 41.6 Å². The van der Waals surface area contributed by atoms with E-state index in [0.717, 1.165) is 6.54 Å². The minimum Gasteiger partial charge on any atom is -0.481 e. The fourth-order valence-corrected chi connectivity index (χ4v) is 1.83. The molecule has 0 heterocycles. The van der Waals surface area contributed by atoms with Crippen LogP contribution in [0.3, 0.4) is 0 Å². The van der Waals surface area contributed by atoms with Gasteiger partial charge in [0.1, 0.15) is 0 Å². The van der Waals surface area contributed by atoms with Crippen LogP contribution in [-0.2, 0) is 4.79 Å². The van der Waals surface area contributed by atoms with E-state index in [-0.39, 0.29) is 12.6 Å². The van der Waals surface area contributed by atoms with Gasteiger partial charge in [0.25, 0.3) is 0 Å². The maximum atomic E-state index is 11.9. The van der Waals surface area contributed by atoms with Crippen molar-refractivity contribution >= 4 is 12.0 Å². The predicted octanol–water partition coefficient (Wildman–Crippen LogP) is 1.93. The van der Waals surface area contributed by atoms with Gasteiger partial charge in [-0.05, 0) is 39.5 Å². The van der Waals surface area contributed by atoms with Crippen molar-refractivity contribution in [3.05, 3.63) is 0 Å². The molecule has 1 fully saturated rings. The van der Waals surface area contributed by atoms with Crippen molar-refractivity contribution in [2.24, 2.45) is 11.3 Å². The summed E-state index contributed by atoms with van der Waals surface area (Å²) in [6.07, 6.45) is 3.66. The molecule has 5 heteroatoms. The Labute approximate surface area is 109 Å². The molecule has 0 aromatic heterocycles. The van der Waals surface area contributed by atoms with Crippen LogP contribution < -0.4 is 5.32 Å². The summed E-state index contributed by atoms with van der Waals surface area (Å²) in [7, 11) is 0. The summed E-state index contributed by atoms with van der Waals surface area (Å²) in [5.41, 5.74) is -0.925. The Morgan fingerprint density at radius 1 is 1.39 bits per heavy atom. The molecule has 0 aliphatic heterocycles. The van der Waals surface area contributed by atoms with Crippen LogP contribution in [0.1, 0.15) is 40.0 Å². The molecule has 0 aromatic rings. The summed E-state index contributed by atoms with van der Waals surface area (Å²) >= 11 is 0. The van der Waals surface area contributed by atoms with Gasteiger partial charge in [-0.1, -0.05) is 6.42 Å². The van der Waals surface area contributed by atoms with Crippen molar-refractivity contribution in [1.82, 2.24) is 10.2 Å². The molecule has 0 aromatic carbocycles. The highest BCUT2D eigenvalue weighted by atomic mass is 16.4. The number of carbonyl (C=O) groups is 2. The average Bonchev–Trinajstić information content (AvgIpc) is 2.24. The second-order valence-electron chi connectivity index (χ2n) is 5.68. The lowest BCUT2D eigenvalue weighted by atomic mass is 9.85. The Kier molecular flexibility index (Phi) is 4.99. The lowest BCUT2D eigenvalue weighted by Gasteiger charge is -2.32. The molecule has 1 aliphatic rings. The van der Waals surface area contributed by atoms with Gasteiger partial charge < -0.3 is 15.3 Å². The molecule has 104 valence electrons. The molecule has 2 N–H and O–H groups in total. The maximum Gasteiger partial charge on any atom is 0.317 e. The van der Waals surface area contributed by atoms with Gasteiger partial charge in [0.05, 0.1) is 5.41 Å². The Balaban J connectivity index is 2.39. The third-order valence-electron chi connectivity index (χ3n) is 3.63. The predicted molar refractivity (Wildman–Crippen MR) is 69.4 cm³/mol. The molecule has 0 saturated heterocycles. The van der Waals surface area contributed by atoms with Gasteiger partial charge in [0.2, 0.25) is 0 Å². The lowest BCUT2D eigenvalue weighted by molar-refractivity contribution is -0.146. The molecule has 0 unspecified atom stereocenters. The van der Waals surface area contributed by atoms with E-state index in [1.54, 1.807) is 18.7 Å². The normalized spacial score (nSPS) is 15.9. The van der Waals surface area contributed by atoms with Crippen molar-refractivity contribution in [3.63, 3.8) is 0 Å². The summed E-state index contributed by atoms with van der Waals surface area (Å²) in [6.45, 7) is 6.77. The van der Waals surface area contributed by atoms with Gasteiger partial charge in [0, 0.05) is 19.6 Å². The van der Waals surface area contributed by atoms with Gasteiger partial charge in [-0.25, -0.2) is 4.79 Å². The standard InChI is InChI=1S/C13H24N2O3/c1-4-15(8-10-6-5-7-10)12(18)14-9-13(2,3)11(16)17/h10H,4-9H2,1-3H3,(H,14,18)(H,16,17). The molecule has 18 heavy (non-hydrogen) atoms. The first kappa shape index (κ1) is 14.8. The summed E-state index contributed by atoms with van der Waals surface area (Å²) in [5, 5.41) is 11.7. The van der Waals surface area contributed by atoms with Crippen molar-refractivity contribution in [2.45, 2.75) is 40.0 Å². The Bertz CT molecular complexity index is 311. The van der Waals surface area contributed by atoms with Crippen LogP contribution in [0.15, 0.2) is 0 Å². The number of carboxylic acids is 1. The van der Waals surface area contributed by atoms with Crippen LogP contribution in [0.5, 0.6) is 0 Å². The Morgan fingerprint density at radius 3 is 2.39 bits per heavy atom. The van der Waals surface area contributed by atoms with E-state index in [0.29, 0.717) is 12.5 Å². The molecule has 1 saturated carbocycles. The molecule has 0 bridgehead atoms. The number of hydrogen-bond acceptors (Lipinski definition) is 2. The minimum atomic E-state index is -0.925. The molecular formula is C13H24N2O3. The zero-order chi connectivity index (χ0) is 13.8. The Hall–Kier alpha value is -1.26. The third-order valence-corrected chi connectivity index (χ3v) is 3.63. The summed E-state index contributed by atoms with van der Waals surface area (Å²) in [4.78, 5) is 24.6. The molecule has 0 atom stereocenters. The zero-order valence-electron chi connectivity index (χ0n) is 11.5. The SMILES string of the molecule is CCN(CC1CCC1)C(=O)NCC(C)(C)C(=O)O. The number of hydrogen-bond donors (Lipinski definition) is 2. The van der Waals surface area contributed by atoms with Crippen LogP contribution in [0.2, 0.25) is 0 Å². The number of urea groups is 1. The van der Waals surface area contributed by atoms with E-state index in [9.17, 15) is 9.59 Å². The molecule has 1 rings (SSSR count). The monoisotopic (exact) mass is 256 g/mol. The topological polar surface area (TPSA) is 69.6 Å². The van der Waals surface area contributed by atoms with Crippen LogP contribution in [0.25, 0.3) is 0 Å². The van der Waals surface area contributed by atoms with E-state index in [1.165, 1.54) is 19.3 Å². The van der Waals surface area contributed by atoms with E-state index in [4.69, 9.17) is 5.11 Å². The molecule has 0 radical (unpaired) electrons. The highest BCUT2D eigenvalue weighted by Gasteiger charge is 2.29. The number of nitrogens with zero attached hydrogens (tertiary/aromatic N) is 1. The second kappa shape index (κ2) is 6.07. The lowest BCUT2D eigenvalue weighted by Crippen LogP contribution is -2.47. The van der Waals surface area contributed by atoms with E-state index < -0.39 is 11.4 Å². The maximum absolute atomic E-state index is 11.9. The molecule has 1 aliphatic carbocycles. The van der Waals surface area contributed by atoms with Crippen LogP contribution in [0.4, 0.5) is 4.79 Å². The van der Waals surface area contributed by atoms with Crippen molar-refractivity contribution < 1.29 is 14.7 Å². The van der Waals surface area contributed by atoms with E-state index in [2.05, 4.69) is 5.32 Å². The number of aliphatic carboxylic acids is 1. The van der Waals surface area contributed by atoms with Gasteiger partial charge in [-0.2, -0.15) is 0 Å². The number of amides is 2. The summed E-state index contributed by atoms with van der Waals surface area (Å²) < 4.78 is 0. The van der Waals surface area contributed by atoms with Gasteiger partial charge in [-0.15, -0.1) is 0 Å². The summed E-state index contributed by atoms with van der Waals surface area (Å²) in [6, 6.07) is -0.154. The molecule has 2 amide bonds. The smallest absolute Gasteiger partial charge is 0.317 e. The second-order valence-corrected chi connectivity index (χ2v) is 5.68. The van der Waals surface area contributed by atoms with Crippen LogP contribution >= 0.6 is 0 Å². The third kappa shape index (κ3) is 3.89. The first-order valence-electron chi connectivity index (χ1n) is 6.63. The summed E-state index contributed by atoms with van der Waals surface area (Å²) in [5.74, 6) is -0.270. The quantitative estimate of drug-likeness (QED) is 0.763. The van der Waals surface area contributed by atoms with Gasteiger partial charge in [-0.3, -0.25) is 4.79 Å². The largest absolute Gasteiger partial charge is 0.481 e. The highest BCUT2D eigenvalue weighted by Crippen LogP contribution is 2.27. The number of carboxylic acid groups (broad SMARTS) is 1. The first-order chi connectivity index (χ1) is 8.36. The first-order valence-corrected chi connectivity index (χ1v) is 6.63. The van der Waals surface area contributed by atoms with Crippen molar-refractivity contribution in [3.8, 4) is 0 Å². The number of rotatable bonds is 6. The highest BCUT2D eigenvalue weighted by molar-refractivity contribution is 5.77. The van der Waals surface area contributed by atoms with E-state index in [1.807, 2.05) is 6.92 Å². The molecule has 0 spiro atoms. The van der Waals surface area contributed by atoms with Crippen molar-refractivity contribution in [1.29, 1.82) is 0 Å². The van der Waals surface area contributed by atoms with Gasteiger partial charge >= 0.3 is 12.0 Å². The van der Waals surface area contributed by atoms with Crippen molar-refractivity contribution in [2.75, 3.05) is 19.6 Å². The number of carbonyl (C=O) groups excluding carboxylic acids is 1.